The van der Waals surface area contributed by atoms with Crippen LogP contribution in [0.5, 0.6) is 0 Å². The number of hydrogen-bond acceptors (Lipinski definition) is 2. The Balaban J connectivity index is 2.75. The summed E-state index contributed by atoms with van der Waals surface area (Å²) in [6.07, 6.45) is 1.52. The third-order valence-corrected chi connectivity index (χ3v) is 2.40. The van der Waals surface area contributed by atoms with E-state index in [4.69, 9.17) is 10.00 Å². The van der Waals surface area contributed by atoms with Crippen molar-refractivity contribution in [1.29, 1.82) is 5.26 Å². The topological polar surface area (TPSA) is 33.0 Å². The quantitative estimate of drug-likeness (QED) is 0.752. The first-order valence-corrected chi connectivity index (χ1v) is 5.72. The summed E-state index contributed by atoms with van der Waals surface area (Å²) in [6.45, 7) is 6.11. The molecule has 0 N–H and O–H groups in total. The average molecular weight is 217 g/mol. The zero-order valence-corrected chi connectivity index (χ0v) is 10.2. The van der Waals surface area contributed by atoms with Crippen molar-refractivity contribution in [2.75, 3.05) is 0 Å². The molecule has 86 valence electrons. The molecule has 1 aromatic rings. The normalized spacial score (nSPS) is 12.4. The van der Waals surface area contributed by atoms with E-state index in [1.165, 1.54) is 5.56 Å². The van der Waals surface area contributed by atoms with Gasteiger partial charge in [0.1, 0.15) is 0 Å². The second kappa shape index (κ2) is 6.30. The Kier molecular flexibility index (Phi) is 5.01. The van der Waals surface area contributed by atoms with Gasteiger partial charge in [-0.25, -0.2) is 0 Å². The standard InChI is InChI=1S/C14H19NO/c1-11(2)16-14(5-4-10-15)13-8-6-12(3)7-9-13/h6-9,11,14H,4-5H2,1-3H3. The average Bonchev–Trinajstić information content (AvgIpc) is 2.25. The maximum atomic E-state index is 8.63. The van der Waals surface area contributed by atoms with Crippen LogP contribution in [0.2, 0.25) is 0 Å². The first-order valence-electron chi connectivity index (χ1n) is 5.72. The molecule has 16 heavy (non-hydrogen) atoms. The van der Waals surface area contributed by atoms with E-state index in [0.29, 0.717) is 6.42 Å². The molecule has 1 rings (SSSR count). The number of aryl methyl sites for hydroxylation is 1. The maximum Gasteiger partial charge on any atom is 0.0838 e. The Morgan fingerprint density at radius 3 is 2.38 bits per heavy atom. The number of rotatable bonds is 5. The smallest absolute Gasteiger partial charge is 0.0838 e. The zero-order valence-electron chi connectivity index (χ0n) is 10.2. The van der Waals surface area contributed by atoms with Crippen LogP contribution < -0.4 is 0 Å². The van der Waals surface area contributed by atoms with Gasteiger partial charge in [0.2, 0.25) is 0 Å². The summed E-state index contributed by atoms with van der Waals surface area (Å²) in [6, 6.07) is 10.5. The van der Waals surface area contributed by atoms with Gasteiger partial charge < -0.3 is 4.74 Å². The third kappa shape index (κ3) is 4.04. The molecule has 0 aliphatic heterocycles. The molecule has 0 saturated carbocycles. The summed E-state index contributed by atoms with van der Waals surface area (Å²) >= 11 is 0. The molecular formula is C14H19NO. The van der Waals surface area contributed by atoms with Crippen molar-refractivity contribution in [1.82, 2.24) is 0 Å². The molecule has 0 fully saturated rings. The highest BCUT2D eigenvalue weighted by atomic mass is 16.5. The maximum absolute atomic E-state index is 8.63. The number of ether oxygens (including phenoxy) is 1. The van der Waals surface area contributed by atoms with Gasteiger partial charge >= 0.3 is 0 Å². The van der Waals surface area contributed by atoms with Crippen LogP contribution in [0, 0.1) is 18.3 Å². The minimum absolute atomic E-state index is 0.0419. The molecule has 0 radical (unpaired) electrons. The van der Waals surface area contributed by atoms with Gasteiger partial charge in [0.05, 0.1) is 18.3 Å². The first kappa shape index (κ1) is 12.7. The highest BCUT2D eigenvalue weighted by Gasteiger charge is 2.13. The Morgan fingerprint density at radius 2 is 1.88 bits per heavy atom. The van der Waals surface area contributed by atoms with Crippen molar-refractivity contribution in [2.45, 2.75) is 45.8 Å². The Bertz CT molecular complexity index is 348. The Hall–Kier alpha value is -1.33. The van der Waals surface area contributed by atoms with Crippen LogP contribution in [0.1, 0.15) is 43.9 Å². The van der Waals surface area contributed by atoms with Gasteiger partial charge in [-0.15, -0.1) is 0 Å². The fraction of sp³-hybridized carbons (Fsp3) is 0.500. The zero-order chi connectivity index (χ0) is 12.0. The predicted molar refractivity (Wildman–Crippen MR) is 65.0 cm³/mol. The summed E-state index contributed by atoms with van der Waals surface area (Å²) in [5, 5.41) is 8.63. The lowest BCUT2D eigenvalue weighted by Gasteiger charge is -2.20. The van der Waals surface area contributed by atoms with Gasteiger partial charge in [0, 0.05) is 6.42 Å². The summed E-state index contributed by atoms with van der Waals surface area (Å²) in [4.78, 5) is 0. The molecular weight excluding hydrogens is 198 g/mol. The number of nitriles is 1. The van der Waals surface area contributed by atoms with Crippen molar-refractivity contribution in [3.8, 4) is 6.07 Å². The number of hydrogen-bond donors (Lipinski definition) is 0. The first-order chi connectivity index (χ1) is 7.63. The van der Waals surface area contributed by atoms with Gasteiger partial charge in [-0.05, 0) is 32.8 Å². The van der Waals surface area contributed by atoms with Crippen LogP contribution in [0.25, 0.3) is 0 Å². The van der Waals surface area contributed by atoms with Crippen LogP contribution >= 0.6 is 0 Å². The van der Waals surface area contributed by atoms with Crippen LogP contribution in [-0.4, -0.2) is 6.10 Å². The molecule has 0 aromatic heterocycles. The summed E-state index contributed by atoms with van der Waals surface area (Å²) in [5.74, 6) is 0. The van der Waals surface area contributed by atoms with Gasteiger partial charge in [-0.1, -0.05) is 29.8 Å². The largest absolute Gasteiger partial charge is 0.371 e. The number of benzene rings is 1. The van der Waals surface area contributed by atoms with Crippen molar-refractivity contribution in [3.05, 3.63) is 35.4 Å². The molecule has 0 amide bonds. The van der Waals surface area contributed by atoms with Crippen molar-refractivity contribution < 1.29 is 4.74 Å². The van der Waals surface area contributed by atoms with Crippen LogP contribution in [0.15, 0.2) is 24.3 Å². The molecule has 1 unspecified atom stereocenters. The van der Waals surface area contributed by atoms with E-state index < -0.39 is 0 Å². The summed E-state index contributed by atoms with van der Waals surface area (Å²) in [7, 11) is 0. The summed E-state index contributed by atoms with van der Waals surface area (Å²) in [5.41, 5.74) is 2.40. The van der Waals surface area contributed by atoms with E-state index in [1.807, 2.05) is 13.8 Å². The van der Waals surface area contributed by atoms with Gasteiger partial charge in [-0.2, -0.15) is 5.26 Å². The van der Waals surface area contributed by atoms with Crippen LogP contribution in [-0.2, 0) is 4.74 Å². The van der Waals surface area contributed by atoms with E-state index in [-0.39, 0.29) is 12.2 Å². The second-order valence-electron chi connectivity index (χ2n) is 4.28. The number of nitrogens with zero attached hydrogens (tertiary/aromatic N) is 1. The highest BCUT2D eigenvalue weighted by Crippen LogP contribution is 2.24. The fourth-order valence-electron chi connectivity index (χ4n) is 1.62. The van der Waals surface area contributed by atoms with Gasteiger partial charge in [0.25, 0.3) is 0 Å². The molecule has 1 atom stereocenters. The van der Waals surface area contributed by atoms with Crippen LogP contribution in [0.3, 0.4) is 0 Å². The van der Waals surface area contributed by atoms with Crippen molar-refractivity contribution >= 4 is 0 Å². The van der Waals surface area contributed by atoms with Crippen molar-refractivity contribution in [2.24, 2.45) is 0 Å². The Labute approximate surface area is 97.9 Å². The SMILES string of the molecule is Cc1ccc(C(CCC#N)OC(C)C)cc1. The van der Waals surface area contributed by atoms with Crippen LogP contribution in [0.4, 0.5) is 0 Å². The minimum atomic E-state index is 0.0419. The van der Waals surface area contributed by atoms with E-state index >= 15 is 0 Å². The van der Waals surface area contributed by atoms with E-state index in [1.54, 1.807) is 0 Å². The second-order valence-corrected chi connectivity index (χ2v) is 4.28. The van der Waals surface area contributed by atoms with Gasteiger partial charge in [0.15, 0.2) is 0 Å². The van der Waals surface area contributed by atoms with Crippen molar-refractivity contribution in [3.63, 3.8) is 0 Å². The van der Waals surface area contributed by atoms with Gasteiger partial charge in [-0.3, -0.25) is 0 Å². The summed E-state index contributed by atoms with van der Waals surface area (Å²) < 4.78 is 5.83. The molecule has 0 aliphatic rings. The molecule has 0 heterocycles. The molecule has 1 aromatic carbocycles. The highest BCUT2D eigenvalue weighted by molar-refractivity contribution is 5.23. The lowest BCUT2D eigenvalue weighted by Crippen LogP contribution is -2.10. The monoisotopic (exact) mass is 217 g/mol. The molecule has 2 nitrogen and oxygen atoms in total. The lowest BCUT2D eigenvalue weighted by molar-refractivity contribution is 0.00250. The Morgan fingerprint density at radius 1 is 1.25 bits per heavy atom. The van der Waals surface area contributed by atoms with E-state index in [9.17, 15) is 0 Å². The fourth-order valence-corrected chi connectivity index (χ4v) is 1.62. The van der Waals surface area contributed by atoms with E-state index in [2.05, 4.69) is 37.3 Å². The minimum Gasteiger partial charge on any atom is -0.371 e. The predicted octanol–water partition coefficient (Wildman–Crippen LogP) is 3.76. The molecule has 0 bridgehead atoms. The molecule has 2 heteroatoms. The van der Waals surface area contributed by atoms with E-state index in [0.717, 1.165) is 12.0 Å². The molecule has 0 aliphatic carbocycles. The third-order valence-electron chi connectivity index (χ3n) is 2.40. The lowest BCUT2D eigenvalue weighted by atomic mass is 10.0. The molecule has 0 spiro atoms. The molecule has 0 saturated heterocycles.